The van der Waals surface area contributed by atoms with Crippen LogP contribution in [0.3, 0.4) is 0 Å². The number of ether oxygens (including phenoxy) is 1. The van der Waals surface area contributed by atoms with Crippen molar-refractivity contribution in [2.75, 3.05) is 18.5 Å². The molecule has 2 aromatic heterocycles. The molecule has 0 amide bonds. The van der Waals surface area contributed by atoms with E-state index in [0.717, 1.165) is 0 Å². The minimum Gasteiger partial charge on any atom is -0.462 e. The Morgan fingerprint density at radius 1 is 1.45 bits per heavy atom. The van der Waals surface area contributed by atoms with Gasteiger partial charge in [-0.15, -0.1) is 0 Å². The summed E-state index contributed by atoms with van der Waals surface area (Å²) in [5.41, 5.74) is 0.269. The van der Waals surface area contributed by atoms with Gasteiger partial charge in [-0.05, 0) is 34.1 Å². The van der Waals surface area contributed by atoms with Gasteiger partial charge in [0.1, 0.15) is 23.5 Å². The van der Waals surface area contributed by atoms with Crippen LogP contribution in [0.25, 0.3) is 11.1 Å². The van der Waals surface area contributed by atoms with Gasteiger partial charge in [-0.3, -0.25) is 0 Å². The minimum atomic E-state index is -0.462. The SMILES string of the molecule is CCOC(=O)c1c(C)oc2ncnc(NC(C)(C)CCO)c12. The second kappa shape index (κ2) is 6.31. The second-order valence-corrected chi connectivity index (χ2v) is 5.64. The Kier molecular flexibility index (Phi) is 4.65. The van der Waals surface area contributed by atoms with Crippen molar-refractivity contribution in [2.24, 2.45) is 0 Å². The third kappa shape index (κ3) is 3.19. The van der Waals surface area contributed by atoms with Crippen LogP contribution in [0.15, 0.2) is 10.7 Å². The van der Waals surface area contributed by atoms with Gasteiger partial charge in [0.15, 0.2) is 0 Å². The van der Waals surface area contributed by atoms with Crippen LogP contribution in [-0.2, 0) is 4.74 Å². The number of nitrogens with zero attached hydrogens (tertiary/aromatic N) is 2. The number of aliphatic hydroxyl groups excluding tert-OH is 1. The van der Waals surface area contributed by atoms with Crippen LogP contribution in [0.2, 0.25) is 0 Å². The van der Waals surface area contributed by atoms with E-state index in [4.69, 9.17) is 14.3 Å². The van der Waals surface area contributed by atoms with Crippen molar-refractivity contribution >= 4 is 22.9 Å². The van der Waals surface area contributed by atoms with Crippen LogP contribution in [0.5, 0.6) is 0 Å². The van der Waals surface area contributed by atoms with Crippen molar-refractivity contribution in [3.05, 3.63) is 17.7 Å². The van der Waals surface area contributed by atoms with E-state index in [-0.39, 0.29) is 13.2 Å². The topological polar surface area (TPSA) is 97.5 Å². The van der Waals surface area contributed by atoms with Gasteiger partial charge in [-0.1, -0.05) is 0 Å². The predicted molar refractivity (Wildman–Crippen MR) is 81.9 cm³/mol. The summed E-state index contributed by atoms with van der Waals surface area (Å²) in [6.07, 6.45) is 1.90. The van der Waals surface area contributed by atoms with E-state index in [1.165, 1.54) is 6.33 Å². The molecular weight excluding hydrogens is 286 g/mol. The number of aromatic nitrogens is 2. The molecule has 2 aromatic rings. The van der Waals surface area contributed by atoms with Crippen molar-refractivity contribution in [3.63, 3.8) is 0 Å². The molecule has 0 aliphatic rings. The zero-order chi connectivity index (χ0) is 16.3. The summed E-state index contributed by atoms with van der Waals surface area (Å²) in [5, 5.41) is 12.9. The van der Waals surface area contributed by atoms with Crippen LogP contribution >= 0.6 is 0 Å². The molecule has 0 fully saturated rings. The third-order valence-electron chi connectivity index (χ3n) is 3.34. The standard InChI is InChI=1S/C15H21N3O4/c1-5-21-14(20)10-9(2)22-13-11(10)12(16-8-17-13)18-15(3,4)6-7-19/h8,19H,5-7H2,1-4H3,(H,16,17,18). The summed E-state index contributed by atoms with van der Waals surface area (Å²) < 4.78 is 10.6. The molecule has 0 bridgehead atoms. The first-order valence-electron chi connectivity index (χ1n) is 7.20. The molecule has 0 aromatic carbocycles. The van der Waals surface area contributed by atoms with E-state index >= 15 is 0 Å². The van der Waals surface area contributed by atoms with Gasteiger partial charge >= 0.3 is 5.97 Å². The van der Waals surface area contributed by atoms with Gasteiger partial charge in [-0.25, -0.2) is 14.8 Å². The fourth-order valence-electron chi connectivity index (χ4n) is 2.25. The maximum atomic E-state index is 12.2. The molecule has 0 spiro atoms. The molecule has 0 atom stereocenters. The highest BCUT2D eigenvalue weighted by Crippen LogP contribution is 2.31. The molecule has 0 aliphatic carbocycles. The van der Waals surface area contributed by atoms with Crippen LogP contribution in [0.1, 0.15) is 43.3 Å². The molecule has 22 heavy (non-hydrogen) atoms. The van der Waals surface area contributed by atoms with E-state index in [1.54, 1.807) is 13.8 Å². The molecule has 0 saturated carbocycles. The largest absolute Gasteiger partial charge is 0.462 e. The Labute approximate surface area is 128 Å². The van der Waals surface area contributed by atoms with Gasteiger partial charge in [0, 0.05) is 12.1 Å². The second-order valence-electron chi connectivity index (χ2n) is 5.64. The number of aryl methyl sites for hydroxylation is 1. The summed E-state index contributed by atoms with van der Waals surface area (Å²) >= 11 is 0. The average molecular weight is 307 g/mol. The van der Waals surface area contributed by atoms with Gasteiger partial charge in [0.05, 0.1) is 12.0 Å². The van der Waals surface area contributed by atoms with Gasteiger partial charge in [0.2, 0.25) is 5.71 Å². The highest BCUT2D eigenvalue weighted by molar-refractivity contribution is 6.07. The molecule has 0 radical (unpaired) electrons. The molecule has 2 N–H and O–H groups in total. The Hall–Kier alpha value is -2.15. The normalized spacial score (nSPS) is 11.7. The highest BCUT2D eigenvalue weighted by Gasteiger charge is 2.26. The molecule has 120 valence electrons. The van der Waals surface area contributed by atoms with Crippen LogP contribution in [0.4, 0.5) is 5.82 Å². The number of carbonyl (C=O) groups is 1. The number of furan rings is 1. The summed E-state index contributed by atoms with van der Waals surface area (Å²) in [6, 6.07) is 0. The van der Waals surface area contributed by atoms with Crippen molar-refractivity contribution in [3.8, 4) is 0 Å². The summed E-state index contributed by atoms with van der Waals surface area (Å²) in [7, 11) is 0. The molecule has 2 heterocycles. The molecular formula is C15H21N3O4. The van der Waals surface area contributed by atoms with Crippen LogP contribution in [0, 0.1) is 6.92 Å². The van der Waals surface area contributed by atoms with E-state index in [0.29, 0.717) is 34.7 Å². The molecule has 0 aliphatic heterocycles. The number of rotatable bonds is 6. The Morgan fingerprint density at radius 3 is 2.82 bits per heavy atom. The summed E-state index contributed by atoms with van der Waals surface area (Å²) in [4.78, 5) is 20.5. The Bertz CT molecular complexity index is 679. The Morgan fingerprint density at radius 2 is 2.18 bits per heavy atom. The van der Waals surface area contributed by atoms with Gasteiger partial charge in [-0.2, -0.15) is 0 Å². The molecule has 0 saturated heterocycles. The lowest BCUT2D eigenvalue weighted by Gasteiger charge is -2.26. The zero-order valence-electron chi connectivity index (χ0n) is 13.3. The zero-order valence-corrected chi connectivity index (χ0v) is 13.3. The monoisotopic (exact) mass is 307 g/mol. The third-order valence-corrected chi connectivity index (χ3v) is 3.34. The lowest BCUT2D eigenvalue weighted by Crippen LogP contribution is -2.32. The summed E-state index contributed by atoms with van der Waals surface area (Å²) in [6.45, 7) is 7.63. The number of hydrogen-bond donors (Lipinski definition) is 2. The maximum absolute atomic E-state index is 12.2. The number of esters is 1. The van der Waals surface area contributed by atoms with Crippen molar-refractivity contribution < 1.29 is 19.1 Å². The number of aliphatic hydroxyl groups is 1. The lowest BCUT2D eigenvalue weighted by molar-refractivity contribution is 0.0526. The number of nitrogens with one attached hydrogen (secondary N) is 1. The van der Waals surface area contributed by atoms with Gasteiger partial charge in [0.25, 0.3) is 0 Å². The molecule has 7 nitrogen and oxygen atoms in total. The molecule has 7 heteroatoms. The first-order valence-corrected chi connectivity index (χ1v) is 7.20. The smallest absolute Gasteiger partial charge is 0.342 e. The first kappa shape index (κ1) is 16.2. The predicted octanol–water partition coefficient (Wildman–Crippen LogP) is 2.28. The summed E-state index contributed by atoms with van der Waals surface area (Å²) in [5.74, 6) is 0.469. The van der Waals surface area contributed by atoms with E-state index in [2.05, 4.69) is 15.3 Å². The van der Waals surface area contributed by atoms with E-state index in [9.17, 15) is 4.79 Å². The van der Waals surface area contributed by atoms with Crippen LogP contribution in [-0.4, -0.2) is 39.8 Å². The quantitative estimate of drug-likeness (QED) is 0.790. The van der Waals surface area contributed by atoms with Crippen molar-refractivity contribution in [1.82, 2.24) is 9.97 Å². The molecule has 2 rings (SSSR count). The maximum Gasteiger partial charge on any atom is 0.342 e. The van der Waals surface area contributed by atoms with Crippen molar-refractivity contribution in [1.29, 1.82) is 0 Å². The fourth-order valence-corrected chi connectivity index (χ4v) is 2.25. The van der Waals surface area contributed by atoms with Gasteiger partial charge < -0.3 is 19.6 Å². The Balaban J connectivity index is 2.53. The number of hydrogen-bond acceptors (Lipinski definition) is 7. The van der Waals surface area contributed by atoms with E-state index < -0.39 is 11.5 Å². The molecule has 0 unspecified atom stereocenters. The van der Waals surface area contributed by atoms with E-state index in [1.807, 2.05) is 13.8 Å². The lowest BCUT2D eigenvalue weighted by atomic mass is 10.0. The number of anilines is 1. The average Bonchev–Trinajstić information content (AvgIpc) is 2.75. The van der Waals surface area contributed by atoms with Crippen LogP contribution < -0.4 is 5.32 Å². The first-order chi connectivity index (χ1) is 10.4. The highest BCUT2D eigenvalue weighted by atomic mass is 16.5. The minimum absolute atomic E-state index is 0.0450. The fraction of sp³-hybridized carbons (Fsp3) is 0.533. The van der Waals surface area contributed by atoms with Crippen molar-refractivity contribution in [2.45, 2.75) is 39.7 Å². The number of fused-ring (bicyclic) bond motifs is 1. The number of carbonyl (C=O) groups excluding carboxylic acids is 1.